The molecule has 23 heavy (non-hydrogen) atoms. The van der Waals surface area contributed by atoms with Gasteiger partial charge in [-0.05, 0) is 32.8 Å². The molecule has 1 aromatic rings. The van der Waals surface area contributed by atoms with Crippen LogP contribution < -0.4 is 0 Å². The van der Waals surface area contributed by atoms with Gasteiger partial charge >= 0.3 is 6.09 Å². The molecular weight excluding hydrogens is 290 g/mol. The Morgan fingerprint density at radius 1 is 1.35 bits per heavy atom. The Morgan fingerprint density at radius 2 is 1.91 bits per heavy atom. The van der Waals surface area contributed by atoms with Crippen LogP contribution in [-0.2, 0) is 5.60 Å². The van der Waals surface area contributed by atoms with Gasteiger partial charge in [-0.15, -0.1) is 13.0 Å². The number of carboxylic acid groups (broad SMARTS) is 1. The number of hydrogen-bond donors (Lipinski definition) is 2. The number of rotatable bonds is 7. The van der Waals surface area contributed by atoms with E-state index in [1.165, 1.54) is 4.90 Å². The molecule has 4 nitrogen and oxygen atoms in total. The maximum absolute atomic E-state index is 11.5. The standard InChI is InChI=1S/C19H25NO3/c1-6-18(4,5)20(17(21)22)13-12-19(23,14-15(2)3)16-10-8-7-9-11-16/h1,7-11,23H,2,12-14H2,3-5H3,(H,21,22). The van der Waals surface area contributed by atoms with Crippen LogP contribution in [0.3, 0.4) is 0 Å². The number of amides is 1. The van der Waals surface area contributed by atoms with Crippen molar-refractivity contribution >= 4 is 6.09 Å². The summed E-state index contributed by atoms with van der Waals surface area (Å²) >= 11 is 0. The topological polar surface area (TPSA) is 60.8 Å². The Hall–Kier alpha value is -2.25. The van der Waals surface area contributed by atoms with Gasteiger partial charge in [-0.25, -0.2) is 4.79 Å². The first-order chi connectivity index (χ1) is 10.6. The van der Waals surface area contributed by atoms with Crippen LogP contribution in [0.1, 0.15) is 39.2 Å². The third kappa shape index (κ3) is 4.87. The second-order valence-electron chi connectivity index (χ2n) is 6.42. The zero-order chi connectivity index (χ0) is 17.7. The minimum Gasteiger partial charge on any atom is -0.465 e. The largest absolute Gasteiger partial charge is 0.465 e. The predicted molar refractivity (Wildman–Crippen MR) is 92.0 cm³/mol. The number of nitrogens with zero attached hydrogens (tertiary/aromatic N) is 1. The van der Waals surface area contributed by atoms with Crippen molar-refractivity contribution in [2.45, 2.75) is 44.8 Å². The molecule has 1 atom stereocenters. The highest BCUT2D eigenvalue weighted by atomic mass is 16.4. The normalized spacial score (nSPS) is 13.7. The van der Waals surface area contributed by atoms with Gasteiger partial charge in [0.25, 0.3) is 0 Å². The zero-order valence-corrected chi connectivity index (χ0v) is 14.0. The average Bonchev–Trinajstić information content (AvgIpc) is 2.47. The summed E-state index contributed by atoms with van der Waals surface area (Å²) in [7, 11) is 0. The summed E-state index contributed by atoms with van der Waals surface area (Å²) in [5.74, 6) is 2.49. The van der Waals surface area contributed by atoms with Crippen LogP contribution in [0.15, 0.2) is 42.5 Å². The minimum absolute atomic E-state index is 0.130. The summed E-state index contributed by atoms with van der Waals surface area (Å²) < 4.78 is 0. The molecule has 0 bridgehead atoms. The molecule has 1 aromatic carbocycles. The van der Waals surface area contributed by atoms with Crippen LogP contribution in [0.4, 0.5) is 4.79 Å². The maximum atomic E-state index is 11.5. The Kier molecular flexibility index (Phi) is 6.00. The highest BCUT2D eigenvalue weighted by Gasteiger charge is 2.34. The molecule has 4 heteroatoms. The molecule has 0 aliphatic carbocycles. The lowest BCUT2D eigenvalue weighted by molar-refractivity contribution is 0.0123. The van der Waals surface area contributed by atoms with Gasteiger partial charge in [0.1, 0.15) is 5.54 Å². The van der Waals surface area contributed by atoms with Crippen molar-refractivity contribution in [2.75, 3.05) is 6.54 Å². The highest BCUT2D eigenvalue weighted by molar-refractivity contribution is 5.66. The molecule has 0 aromatic heterocycles. The Balaban J connectivity index is 3.05. The second-order valence-corrected chi connectivity index (χ2v) is 6.42. The summed E-state index contributed by atoms with van der Waals surface area (Å²) in [4.78, 5) is 12.7. The first-order valence-electron chi connectivity index (χ1n) is 7.53. The fraction of sp³-hybridized carbons (Fsp3) is 0.421. The Morgan fingerprint density at radius 3 is 2.35 bits per heavy atom. The SMILES string of the molecule is C#CC(C)(C)N(CCC(O)(CC(=C)C)c1ccccc1)C(=O)O. The van der Waals surface area contributed by atoms with E-state index >= 15 is 0 Å². The van der Waals surface area contributed by atoms with Gasteiger partial charge in [-0.2, -0.15) is 0 Å². The van der Waals surface area contributed by atoms with Crippen molar-refractivity contribution in [3.63, 3.8) is 0 Å². The molecule has 0 aliphatic heterocycles. The summed E-state index contributed by atoms with van der Waals surface area (Å²) in [5.41, 5.74) is -0.542. The van der Waals surface area contributed by atoms with E-state index in [1.807, 2.05) is 37.3 Å². The molecule has 0 radical (unpaired) electrons. The van der Waals surface area contributed by atoms with E-state index in [1.54, 1.807) is 13.8 Å². The minimum atomic E-state index is -1.18. The molecule has 0 spiro atoms. The molecule has 0 saturated heterocycles. The lowest BCUT2D eigenvalue weighted by Gasteiger charge is -2.36. The summed E-state index contributed by atoms with van der Waals surface area (Å²) in [6, 6.07) is 9.23. The van der Waals surface area contributed by atoms with E-state index in [2.05, 4.69) is 12.5 Å². The molecule has 124 valence electrons. The number of carbonyl (C=O) groups is 1. The molecule has 1 unspecified atom stereocenters. The fourth-order valence-electron chi connectivity index (χ4n) is 2.57. The second kappa shape index (κ2) is 7.34. The third-order valence-electron chi connectivity index (χ3n) is 3.91. The number of hydrogen-bond acceptors (Lipinski definition) is 2. The van der Waals surface area contributed by atoms with Gasteiger partial charge in [-0.3, -0.25) is 4.90 Å². The van der Waals surface area contributed by atoms with Gasteiger partial charge in [0.15, 0.2) is 0 Å². The Labute approximate surface area is 138 Å². The van der Waals surface area contributed by atoms with Gasteiger partial charge in [0, 0.05) is 13.0 Å². The van der Waals surface area contributed by atoms with Gasteiger partial charge in [0.2, 0.25) is 0 Å². The average molecular weight is 315 g/mol. The monoisotopic (exact) mass is 315 g/mol. The van der Waals surface area contributed by atoms with E-state index in [9.17, 15) is 15.0 Å². The number of aliphatic hydroxyl groups is 1. The molecule has 0 saturated carbocycles. The number of benzene rings is 1. The molecule has 2 N–H and O–H groups in total. The summed E-state index contributed by atoms with van der Waals surface area (Å²) in [6.07, 6.45) is 4.95. The van der Waals surface area contributed by atoms with Crippen molar-refractivity contribution in [2.24, 2.45) is 0 Å². The van der Waals surface area contributed by atoms with Crippen LogP contribution in [0.5, 0.6) is 0 Å². The van der Waals surface area contributed by atoms with E-state index in [0.29, 0.717) is 6.42 Å². The highest BCUT2D eigenvalue weighted by Crippen LogP contribution is 2.32. The van der Waals surface area contributed by atoms with Crippen LogP contribution in [0.25, 0.3) is 0 Å². The maximum Gasteiger partial charge on any atom is 0.408 e. The molecular formula is C19H25NO3. The summed E-state index contributed by atoms with van der Waals surface area (Å²) in [5, 5.41) is 20.5. The number of terminal acetylenes is 1. The molecule has 0 heterocycles. The van der Waals surface area contributed by atoms with Gasteiger partial charge in [-0.1, -0.05) is 41.8 Å². The van der Waals surface area contributed by atoms with Crippen LogP contribution >= 0.6 is 0 Å². The Bertz CT molecular complexity index is 601. The predicted octanol–water partition coefficient (Wildman–Crippen LogP) is 3.62. The third-order valence-corrected chi connectivity index (χ3v) is 3.91. The van der Waals surface area contributed by atoms with Crippen LogP contribution in [0.2, 0.25) is 0 Å². The van der Waals surface area contributed by atoms with Crippen LogP contribution in [-0.4, -0.2) is 33.3 Å². The van der Waals surface area contributed by atoms with Crippen molar-refractivity contribution in [3.8, 4) is 12.3 Å². The zero-order valence-electron chi connectivity index (χ0n) is 14.0. The fourth-order valence-corrected chi connectivity index (χ4v) is 2.57. The summed E-state index contributed by atoms with van der Waals surface area (Å²) in [6.45, 7) is 9.18. The lowest BCUT2D eigenvalue weighted by atomic mass is 9.84. The van der Waals surface area contributed by atoms with Crippen LogP contribution in [0, 0.1) is 12.3 Å². The lowest BCUT2D eigenvalue weighted by Crippen LogP contribution is -2.48. The van der Waals surface area contributed by atoms with Crippen molar-refractivity contribution in [1.82, 2.24) is 4.90 Å². The van der Waals surface area contributed by atoms with E-state index < -0.39 is 17.2 Å². The first kappa shape index (κ1) is 18.8. The smallest absolute Gasteiger partial charge is 0.408 e. The van der Waals surface area contributed by atoms with Crippen molar-refractivity contribution in [1.29, 1.82) is 0 Å². The van der Waals surface area contributed by atoms with Gasteiger partial charge < -0.3 is 10.2 Å². The van der Waals surface area contributed by atoms with Gasteiger partial charge in [0.05, 0.1) is 5.60 Å². The molecule has 0 fully saturated rings. The van der Waals surface area contributed by atoms with E-state index in [-0.39, 0.29) is 13.0 Å². The van der Waals surface area contributed by atoms with Crippen molar-refractivity contribution < 1.29 is 15.0 Å². The molecule has 1 amide bonds. The van der Waals surface area contributed by atoms with Crippen molar-refractivity contribution in [3.05, 3.63) is 48.0 Å². The quantitative estimate of drug-likeness (QED) is 0.597. The van der Waals surface area contributed by atoms with E-state index in [4.69, 9.17) is 6.42 Å². The van der Waals surface area contributed by atoms with E-state index in [0.717, 1.165) is 11.1 Å². The first-order valence-corrected chi connectivity index (χ1v) is 7.53. The molecule has 0 aliphatic rings. The molecule has 1 rings (SSSR count).